The van der Waals surface area contributed by atoms with E-state index in [1.54, 1.807) is 10.9 Å². The predicted molar refractivity (Wildman–Crippen MR) is 87.0 cm³/mol. The Morgan fingerprint density at radius 1 is 1.18 bits per heavy atom. The summed E-state index contributed by atoms with van der Waals surface area (Å²) in [5.41, 5.74) is 2.92. The van der Waals surface area contributed by atoms with Crippen molar-refractivity contribution >= 4 is 10.9 Å². The van der Waals surface area contributed by atoms with Crippen molar-refractivity contribution in [2.24, 2.45) is 0 Å². The molecule has 0 aliphatic carbocycles. The van der Waals surface area contributed by atoms with Crippen molar-refractivity contribution in [3.05, 3.63) is 58.4 Å². The third kappa shape index (κ3) is 2.79. The second kappa shape index (κ2) is 6.13. The van der Waals surface area contributed by atoms with E-state index >= 15 is 0 Å². The normalized spacial score (nSPS) is 11.2. The van der Waals surface area contributed by atoms with E-state index in [-0.39, 0.29) is 5.56 Å². The van der Waals surface area contributed by atoms with Crippen LogP contribution in [0.1, 0.15) is 31.4 Å². The van der Waals surface area contributed by atoms with Crippen LogP contribution in [0, 0.1) is 0 Å². The minimum absolute atomic E-state index is 0.00328. The number of benzene rings is 1. The summed E-state index contributed by atoms with van der Waals surface area (Å²) in [6.45, 7) is 5.59. The zero-order valence-corrected chi connectivity index (χ0v) is 13.0. The quantitative estimate of drug-likeness (QED) is 0.727. The molecule has 5 nitrogen and oxygen atoms in total. The fourth-order valence-corrected chi connectivity index (χ4v) is 2.57. The lowest BCUT2D eigenvalue weighted by molar-refractivity contribution is 0.601. The van der Waals surface area contributed by atoms with E-state index in [0.29, 0.717) is 11.9 Å². The first-order valence-corrected chi connectivity index (χ1v) is 7.70. The number of aryl methyl sites for hydroxylation is 2. The summed E-state index contributed by atoms with van der Waals surface area (Å²) in [5, 5.41) is 4.99. The molecule has 22 heavy (non-hydrogen) atoms. The molecule has 114 valence electrons. The molecule has 2 heterocycles. The van der Waals surface area contributed by atoms with Gasteiger partial charge in [0.15, 0.2) is 0 Å². The molecule has 0 radical (unpaired) electrons. The largest absolute Gasteiger partial charge is 0.294 e. The molecule has 5 heteroatoms. The van der Waals surface area contributed by atoms with Gasteiger partial charge in [-0.1, -0.05) is 19.9 Å². The lowest BCUT2D eigenvalue weighted by Crippen LogP contribution is -2.21. The van der Waals surface area contributed by atoms with Crippen LogP contribution in [0.5, 0.6) is 0 Å². The lowest BCUT2D eigenvalue weighted by atomic mass is 10.1. The maximum absolute atomic E-state index is 12.6. The van der Waals surface area contributed by atoms with E-state index < -0.39 is 0 Å². The molecule has 0 saturated heterocycles. The van der Waals surface area contributed by atoms with Crippen molar-refractivity contribution in [2.75, 3.05) is 0 Å². The molecule has 0 aliphatic rings. The van der Waals surface area contributed by atoms with Gasteiger partial charge in [0.25, 0.3) is 5.56 Å². The fraction of sp³-hybridized carbons (Fsp3) is 0.353. The first kappa shape index (κ1) is 14.5. The Labute approximate surface area is 129 Å². The maximum atomic E-state index is 12.6. The molecule has 0 spiro atoms. The van der Waals surface area contributed by atoms with Crippen molar-refractivity contribution in [1.29, 1.82) is 0 Å². The Kier molecular flexibility index (Phi) is 4.04. The van der Waals surface area contributed by atoms with E-state index in [2.05, 4.69) is 23.9 Å². The number of nitrogens with zero attached hydrogens (tertiary/aromatic N) is 4. The van der Waals surface area contributed by atoms with Crippen molar-refractivity contribution < 1.29 is 0 Å². The van der Waals surface area contributed by atoms with Crippen molar-refractivity contribution in [3.63, 3.8) is 0 Å². The van der Waals surface area contributed by atoms with Gasteiger partial charge in [0, 0.05) is 18.3 Å². The highest BCUT2D eigenvalue weighted by Crippen LogP contribution is 2.11. The van der Waals surface area contributed by atoms with Crippen LogP contribution in [-0.2, 0) is 19.5 Å². The summed E-state index contributed by atoms with van der Waals surface area (Å²) < 4.78 is 3.55. The van der Waals surface area contributed by atoms with Gasteiger partial charge in [-0.25, -0.2) is 4.98 Å². The van der Waals surface area contributed by atoms with Gasteiger partial charge in [0.1, 0.15) is 0 Å². The monoisotopic (exact) mass is 296 g/mol. The zero-order valence-electron chi connectivity index (χ0n) is 13.0. The second-order valence-corrected chi connectivity index (χ2v) is 5.49. The van der Waals surface area contributed by atoms with Crippen molar-refractivity contribution in [2.45, 2.75) is 39.8 Å². The summed E-state index contributed by atoms with van der Waals surface area (Å²) in [6.07, 6.45) is 7.37. The molecule has 2 aromatic heterocycles. The molecule has 3 rings (SSSR count). The van der Waals surface area contributed by atoms with Crippen LogP contribution in [0.25, 0.3) is 10.9 Å². The van der Waals surface area contributed by atoms with Crippen LogP contribution in [-0.4, -0.2) is 19.3 Å². The molecule has 0 saturated carbocycles. The number of hydrogen-bond donors (Lipinski definition) is 0. The smallest absolute Gasteiger partial charge is 0.261 e. The van der Waals surface area contributed by atoms with E-state index in [4.69, 9.17) is 0 Å². The third-order valence-electron chi connectivity index (χ3n) is 3.79. The first-order valence-electron chi connectivity index (χ1n) is 7.70. The molecule has 0 aliphatic heterocycles. The van der Waals surface area contributed by atoms with Gasteiger partial charge in [-0.3, -0.25) is 14.0 Å². The van der Waals surface area contributed by atoms with Gasteiger partial charge in [0.2, 0.25) is 0 Å². The lowest BCUT2D eigenvalue weighted by Gasteiger charge is -2.06. The minimum Gasteiger partial charge on any atom is -0.294 e. The Bertz CT molecular complexity index is 847. The Hall–Kier alpha value is -2.43. The average molecular weight is 296 g/mol. The zero-order chi connectivity index (χ0) is 15.5. The van der Waals surface area contributed by atoms with Crippen LogP contribution >= 0.6 is 0 Å². The highest BCUT2D eigenvalue weighted by Gasteiger charge is 2.07. The average Bonchev–Trinajstić information content (AvgIpc) is 2.97. The highest BCUT2D eigenvalue weighted by molar-refractivity contribution is 5.78. The number of fused-ring (bicyclic) bond motifs is 1. The molecule has 0 atom stereocenters. The molecule has 0 fully saturated rings. The van der Waals surface area contributed by atoms with Crippen molar-refractivity contribution in [1.82, 2.24) is 19.3 Å². The Balaban J connectivity index is 1.96. The molecule has 0 unspecified atom stereocenters. The van der Waals surface area contributed by atoms with Crippen LogP contribution in [0.15, 0.2) is 41.7 Å². The minimum atomic E-state index is 0.00328. The molecular formula is C17H20N4O. The summed E-state index contributed by atoms with van der Waals surface area (Å²) in [7, 11) is 0. The number of aromatic nitrogens is 4. The Morgan fingerprint density at radius 2 is 2.05 bits per heavy atom. The van der Waals surface area contributed by atoms with Crippen LogP contribution in [0.3, 0.4) is 0 Å². The van der Waals surface area contributed by atoms with Gasteiger partial charge in [-0.15, -0.1) is 0 Å². The van der Waals surface area contributed by atoms with Gasteiger partial charge in [0.05, 0.1) is 30.0 Å². The maximum Gasteiger partial charge on any atom is 0.261 e. The first-order chi connectivity index (χ1) is 10.7. The molecule has 0 amide bonds. The van der Waals surface area contributed by atoms with E-state index in [1.165, 1.54) is 0 Å². The molecule has 3 aromatic rings. The number of rotatable bonds is 5. The van der Waals surface area contributed by atoms with E-state index in [0.717, 1.165) is 36.0 Å². The third-order valence-corrected chi connectivity index (χ3v) is 3.79. The van der Waals surface area contributed by atoms with E-state index in [9.17, 15) is 4.79 Å². The highest BCUT2D eigenvalue weighted by atomic mass is 16.1. The molecule has 1 aromatic carbocycles. The molecule has 0 N–H and O–H groups in total. The predicted octanol–water partition coefficient (Wildman–Crippen LogP) is 2.61. The summed E-state index contributed by atoms with van der Waals surface area (Å²) in [5.74, 6) is 0. The van der Waals surface area contributed by atoms with Gasteiger partial charge < -0.3 is 0 Å². The van der Waals surface area contributed by atoms with Crippen molar-refractivity contribution in [3.8, 4) is 0 Å². The summed E-state index contributed by atoms with van der Waals surface area (Å²) in [6, 6.07) is 5.88. The van der Waals surface area contributed by atoms with Crippen LogP contribution < -0.4 is 5.56 Å². The summed E-state index contributed by atoms with van der Waals surface area (Å²) >= 11 is 0. The topological polar surface area (TPSA) is 52.7 Å². The van der Waals surface area contributed by atoms with Gasteiger partial charge in [-0.2, -0.15) is 5.10 Å². The van der Waals surface area contributed by atoms with Gasteiger partial charge >= 0.3 is 0 Å². The number of hydrogen-bond acceptors (Lipinski definition) is 3. The second-order valence-electron chi connectivity index (χ2n) is 5.49. The van der Waals surface area contributed by atoms with E-state index in [1.807, 2.05) is 35.3 Å². The standard InChI is InChI=1S/C17H20N4O/c1-3-7-21-11-14(9-19-21)10-20-12-18-16-6-5-13(4-2)8-15(16)17(20)22/h5-6,8-9,11-12H,3-4,7,10H2,1-2H3. The van der Waals surface area contributed by atoms with Gasteiger partial charge in [-0.05, 0) is 30.5 Å². The van der Waals surface area contributed by atoms with Crippen LogP contribution in [0.2, 0.25) is 0 Å². The Morgan fingerprint density at radius 3 is 2.82 bits per heavy atom. The van der Waals surface area contributed by atoms with Crippen LogP contribution in [0.4, 0.5) is 0 Å². The molecule has 0 bridgehead atoms. The summed E-state index contributed by atoms with van der Waals surface area (Å²) in [4.78, 5) is 17.0. The SMILES string of the molecule is CCCn1cc(Cn2cnc3ccc(CC)cc3c2=O)cn1. The molecular weight excluding hydrogens is 276 g/mol. The fourth-order valence-electron chi connectivity index (χ4n) is 2.57.